The Hall–Kier alpha value is -2.37. The van der Waals surface area contributed by atoms with Crippen LogP contribution in [0.25, 0.3) is 11.1 Å². The van der Waals surface area contributed by atoms with Crippen LogP contribution in [0.2, 0.25) is 6.04 Å². The minimum atomic E-state index is -2.53. The van der Waals surface area contributed by atoms with Crippen LogP contribution < -0.4 is 9.47 Å². The maximum atomic E-state index is 8.51. The molecule has 0 spiro atoms. The maximum Gasteiger partial charge on any atom is 0.500 e. The van der Waals surface area contributed by atoms with Gasteiger partial charge in [0.2, 0.25) is 0 Å². The maximum absolute atomic E-state index is 8.51. The number of nitrogens with zero attached hydrogens (tertiary/aromatic N) is 1. The molecule has 0 heterocycles. The molecular formula is C19H23NO5Si. The summed E-state index contributed by atoms with van der Waals surface area (Å²) in [6.07, 6.45) is 2.44. The highest BCUT2D eigenvalue weighted by molar-refractivity contribution is 6.60. The van der Waals surface area contributed by atoms with Gasteiger partial charge in [0.05, 0.1) is 6.61 Å². The van der Waals surface area contributed by atoms with Gasteiger partial charge < -0.3 is 22.8 Å². The Kier molecular flexibility index (Phi) is 7.63. The summed E-state index contributed by atoms with van der Waals surface area (Å²) in [5.74, 6) is 1.33. The predicted molar refractivity (Wildman–Crippen MR) is 99.8 cm³/mol. The molecule has 6 nitrogen and oxygen atoms in total. The zero-order chi connectivity index (χ0) is 18.8. The summed E-state index contributed by atoms with van der Waals surface area (Å²) in [5, 5.41) is 8.51. The number of hydrogen-bond donors (Lipinski definition) is 0. The third-order valence-electron chi connectivity index (χ3n) is 4.03. The van der Waals surface area contributed by atoms with Gasteiger partial charge in [0, 0.05) is 27.4 Å². The quantitative estimate of drug-likeness (QED) is 0.358. The van der Waals surface area contributed by atoms with Crippen LogP contribution in [0.5, 0.6) is 11.5 Å². The van der Waals surface area contributed by atoms with E-state index in [-0.39, 0.29) is 0 Å². The Bertz CT molecular complexity index is 700. The summed E-state index contributed by atoms with van der Waals surface area (Å²) in [5.41, 5.74) is 2.10. The van der Waals surface area contributed by atoms with Crippen molar-refractivity contribution in [2.75, 3.05) is 27.9 Å². The van der Waals surface area contributed by atoms with E-state index in [2.05, 4.69) is 0 Å². The molecule has 0 unspecified atom stereocenters. The number of ether oxygens (including phenoxy) is 2. The summed E-state index contributed by atoms with van der Waals surface area (Å²) < 4.78 is 26.7. The Morgan fingerprint density at radius 3 is 1.77 bits per heavy atom. The highest BCUT2D eigenvalue weighted by Crippen LogP contribution is 2.25. The van der Waals surface area contributed by atoms with Crippen LogP contribution in [0, 0.1) is 11.5 Å². The van der Waals surface area contributed by atoms with Gasteiger partial charge in [0.1, 0.15) is 11.5 Å². The first-order valence-corrected chi connectivity index (χ1v) is 10.1. The first-order chi connectivity index (χ1) is 12.7. The molecule has 0 aliphatic heterocycles. The van der Waals surface area contributed by atoms with Gasteiger partial charge in [-0.1, -0.05) is 24.3 Å². The second-order valence-corrected chi connectivity index (χ2v) is 8.58. The van der Waals surface area contributed by atoms with Crippen LogP contribution in [-0.4, -0.2) is 36.7 Å². The fraction of sp³-hybridized carbons (Fsp3) is 0.316. The Morgan fingerprint density at radius 2 is 1.31 bits per heavy atom. The van der Waals surface area contributed by atoms with E-state index in [1.54, 1.807) is 39.7 Å². The lowest BCUT2D eigenvalue weighted by Crippen LogP contribution is -2.42. The minimum absolute atomic E-state index is 0.527. The van der Waals surface area contributed by atoms with E-state index in [4.69, 9.17) is 28.0 Å². The highest BCUT2D eigenvalue weighted by Gasteiger charge is 2.36. The van der Waals surface area contributed by atoms with Gasteiger partial charge in [-0.3, -0.25) is 0 Å². The molecule has 0 atom stereocenters. The summed E-state index contributed by atoms with van der Waals surface area (Å²) >= 11 is 0. The zero-order valence-corrected chi connectivity index (χ0v) is 16.2. The third kappa shape index (κ3) is 5.31. The molecule has 0 fully saturated rings. The van der Waals surface area contributed by atoms with Crippen molar-refractivity contribution >= 4 is 8.80 Å². The minimum Gasteiger partial charge on any atom is -0.494 e. The van der Waals surface area contributed by atoms with Crippen molar-refractivity contribution < 1.29 is 22.8 Å². The van der Waals surface area contributed by atoms with E-state index < -0.39 is 8.80 Å². The smallest absolute Gasteiger partial charge is 0.494 e. The monoisotopic (exact) mass is 373 g/mol. The number of hydrogen-bond acceptors (Lipinski definition) is 6. The second kappa shape index (κ2) is 9.94. The third-order valence-corrected chi connectivity index (χ3v) is 6.87. The second-order valence-electron chi connectivity index (χ2n) is 5.49. The van der Waals surface area contributed by atoms with Crippen LogP contribution in [0.15, 0.2) is 48.5 Å². The molecule has 138 valence electrons. The van der Waals surface area contributed by atoms with E-state index in [9.17, 15) is 0 Å². The van der Waals surface area contributed by atoms with Gasteiger partial charge in [-0.05, 0) is 41.8 Å². The molecule has 0 amide bonds. The standard InChI is InChI=1S/C19H23NO5Si/c1-21-26(22-2,23-3)14-4-13-24-18-9-5-16(6-10-18)17-7-11-19(12-8-17)25-15-20/h5-12H,4,13-14H2,1-3H3. The lowest BCUT2D eigenvalue weighted by molar-refractivity contribution is 0.121. The highest BCUT2D eigenvalue weighted by atomic mass is 28.4. The van der Waals surface area contributed by atoms with Crippen molar-refractivity contribution in [3.8, 4) is 28.9 Å². The lowest BCUT2D eigenvalue weighted by Gasteiger charge is -2.24. The molecule has 0 aliphatic rings. The molecule has 2 aromatic rings. The Morgan fingerprint density at radius 1 is 0.808 bits per heavy atom. The van der Waals surface area contributed by atoms with Crippen molar-refractivity contribution in [1.29, 1.82) is 5.26 Å². The topological polar surface area (TPSA) is 69.9 Å². The molecule has 0 saturated heterocycles. The fourth-order valence-corrected chi connectivity index (χ4v) is 4.24. The summed E-state index contributed by atoms with van der Waals surface area (Å²) in [6.45, 7) is 0.560. The average molecular weight is 373 g/mol. The largest absolute Gasteiger partial charge is 0.500 e. The van der Waals surface area contributed by atoms with Crippen molar-refractivity contribution in [3.05, 3.63) is 48.5 Å². The van der Waals surface area contributed by atoms with Gasteiger partial charge >= 0.3 is 8.80 Å². The fourth-order valence-electron chi connectivity index (χ4n) is 2.55. The van der Waals surface area contributed by atoms with E-state index in [0.29, 0.717) is 18.4 Å². The van der Waals surface area contributed by atoms with E-state index in [1.807, 2.05) is 36.4 Å². The Labute approximate surface area is 155 Å². The molecule has 26 heavy (non-hydrogen) atoms. The van der Waals surface area contributed by atoms with Crippen LogP contribution in [-0.2, 0) is 13.3 Å². The molecule has 0 N–H and O–H groups in total. The predicted octanol–water partition coefficient (Wildman–Crippen LogP) is 3.86. The van der Waals surface area contributed by atoms with Crippen molar-refractivity contribution in [1.82, 2.24) is 0 Å². The van der Waals surface area contributed by atoms with Crippen molar-refractivity contribution in [2.24, 2.45) is 0 Å². The van der Waals surface area contributed by atoms with Crippen LogP contribution in [0.1, 0.15) is 6.42 Å². The van der Waals surface area contributed by atoms with Crippen LogP contribution >= 0.6 is 0 Å². The number of benzene rings is 2. The van der Waals surface area contributed by atoms with Gasteiger partial charge in [0.25, 0.3) is 6.26 Å². The molecule has 2 aromatic carbocycles. The van der Waals surface area contributed by atoms with Crippen molar-refractivity contribution in [3.63, 3.8) is 0 Å². The normalized spacial score (nSPS) is 11.0. The van der Waals surface area contributed by atoms with Crippen LogP contribution in [0.4, 0.5) is 0 Å². The number of nitriles is 1. The summed E-state index contributed by atoms with van der Waals surface area (Å²) in [7, 11) is 2.30. The van der Waals surface area contributed by atoms with Crippen molar-refractivity contribution in [2.45, 2.75) is 12.5 Å². The van der Waals surface area contributed by atoms with E-state index >= 15 is 0 Å². The SMILES string of the molecule is CO[Si](CCCOc1ccc(-c2ccc(OC#N)cc2)cc1)(OC)OC. The van der Waals surface area contributed by atoms with Gasteiger partial charge in [0.15, 0.2) is 0 Å². The molecule has 2 rings (SSSR count). The molecule has 0 aliphatic carbocycles. The first-order valence-electron chi connectivity index (χ1n) is 8.21. The molecule has 0 saturated carbocycles. The molecular weight excluding hydrogens is 350 g/mol. The van der Waals surface area contributed by atoms with Crippen LogP contribution in [0.3, 0.4) is 0 Å². The van der Waals surface area contributed by atoms with Gasteiger partial charge in [-0.2, -0.15) is 0 Å². The lowest BCUT2D eigenvalue weighted by atomic mass is 10.1. The summed E-state index contributed by atoms with van der Waals surface area (Å²) in [4.78, 5) is 0. The molecule has 0 aromatic heterocycles. The molecule has 0 radical (unpaired) electrons. The number of rotatable bonds is 10. The summed E-state index contributed by atoms with van der Waals surface area (Å²) in [6, 6.07) is 15.9. The molecule has 7 heteroatoms. The first kappa shape index (κ1) is 19.9. The zero-order valence-electron chi connectivity index (χ0n) is 15.2. The average Bonchev–Trinajstić information content (AvgIpc) is 2.70. The van der Waals surface area contributed by atoms with E-state index in [1.165, 1.54) is 0 Å². The van der Waals surface area contributed by atoms with E-state index in [0.717, 1.165) is 23.3 Å². The van der Waals surface area contributed by atoms with Gasteiger partial charge in [-0.15, -0.1) is 5.26 Å². The molecule has 0 bridgehead atoms. The Balaban J connectivity index is 1.86. The van der Waals surface area contributed by atoms with Gasteiger partial charge in [-0.25, -0.2) is 0 Å².